The molecule has 1 aromatic heterocycles. The third-order valence-corrected chi connectivity index (χ3v) is 7.87. The highest BCUT2D eigenvalue weighted by Gasteiger charge is 2.40. The van der Waals surface area contributed by atoms with E-state index in [1.807, 2.05) is 47.0 Å². The Hall–Kier alpha value is -2.70. The van der Waals surface area contributed by atoms with E-state index < -0.39 is 10.0 Å². The molecule has 0 aliphatic carbocycles. The third-order valence-electron chi connectivity index (χ3n) is 6.02. The van der Waals surface area contributed by atoms with Crippen LogP contribution in [0.5, 0.6) is 0 Å². The maximum atomic E-state index is 13.2. The molecular formula is C23H22N2O3S. The second-order valence-corrected chi connectivity index (χ2v) is 9.82. The van der Waals surface area contributed by atoms with Gasteiger partial charge in [-0.15, -0.1) is 0 Å². The molecule has 3 heterocycles. The average molecular weight is 407 g/mol. The largest absolute Gasteiger partial charge is 0.311 e. The molecular weight excluding hydrogens is 384 g/mol. The van der Waals surface area contributed by atoms with Gasteiger partial charge in [0.15, 0.2) is 0 Å². The summed E-state index contributed by atoms with van der Waals surface area (Å²) in [7, 11) is -3.55. The van der Waals surface area contributed by atoms with Crippen LogP contribution in [0.1, 0.15) is 18.0 Å². The van der Waals surface area contributed by atoms with Crippen LogP contribution in [0.2, 0.25) is 0 Å². The smallest absolute Gasteiger partial charge is 0.250 e. The quantitative estimate of drug-likeness (QED) is 0.670. The molecule has 148 valence electrons. The summed E-state index contributed by atoms with van der Waals surface area (Å²) in [5, 5.41) is 0. The second-order valence-electron chi connectivity index (χ2n) is 7.88. The van der Waals surface area contributed by atoms with E-state index in [1.165, 1.54) is 0 Å². The van der Waals surface area contributed by atoms with Gasteiger partial charge in [-0.25, -0.2) is 8.42 Å². The Morgan fingerprint density at radius 1 is 0.793 bits per heavy atom. The van der Waals surface area contributed by atoms with Crippen molar-refractivity contribution in [2.24, 2.45) is 5.92 Å². The van der Waals surface area contributed by atoms with E-state index in [4.69, 9.17) is 0 Å². The van der Waals surface area contributed by atoms with Crippen molar-refractivity contribution in [3.05, 3.63) is 88.8 Å². The summed E-state index contributed by atoms with van der Waals surface area (Å²) in [6.45, 7) is 1.42. The van der Waals surface area contributed by atoms with E-state index >= 15 is 0 Å². The highest BCUT2D eigenvalue weighted by Crippen LogP contribution is 2.41. The fourth-order valence-corrected chi connectivity index (χ4v) is 6.35. The van der Waals surface area contributed by atoms with Gasteiger partial charge >= 0.3 is 0 Å². The standard InChI is InChI=1S/C23H22N2O3S/c26-22-12-11-21(18-7-3-1-4-8-18)23-19-13-17(15-25(22)23)14-24(16-19)29(27,28)20-9-5-2-6-10-20/h1-12,17,19H,13-16H2/t17-,19-/m0/s1. The Balaban J connectivity index is 1.59. The van der Waals surface area contributed by atoms with Gasteiger partial charge in [-0.2, -0.15) is 4.31 Å². The first-order valence-corrected chi connectivity index (χ1v) is 11.3. The number of sulfonamides is 1. The number of hydrogen-bond acceptors (Lipinski definition) is 3. The first-order valence-electron chi connectivity index (χ1n) is 9.88. The van der Waals surface area contributed by atoms with E-state index in [2.05, 4.69) is 0 Å². The van der Waals surface area contributed by atoms with Crippen LogP contribution in [0.25, 0.3) is 11.1 Å². The monoisotopic (exact) mass is 406 g/mol. The van der Waals surface area contributed by atoms with Crippen LogP contribution in [-0.2, 0) is 16.6 Å². The molecule has 29 heavy (non-hydrogen) atoms. The molecule has 0 spiro atoms. The topological polar surface area (TPSA) is 59.4 Å². The first kappa shape index (κ1) is 18.3. The fraction of sp³-hybridized carbons (Fsp3) is 0.261. The Morgan fingerprint density at radius 2 is 1.48 bits per heavy atom. The van der Waals surface area contributed by atoms with Gasteiger partial charge < -0.3 is 4.57 Å². The second kappa shape index (κ2) is 6.97. The van der Waals surface area contributed by atoms with Crippen molar-refractivity contribution >= 4 is 10.0 Å². The third kappa shape index (κ3) is 3.12. The fourth-order valence-electron chi connectivity index (χ4n) is 4.77. The summed E-state index contributed by atoms with van der Waals surface area (Å²) in [5.74, 6) is 0.147. The molecule has 0 radical (unpaired) electrons. The number of hydrogen-bond donors (Lipinski definition) is 0. The summed E-state index contributed by atoms with van der Waals surface area (Å²) >= 11 is 0. The van der Waals surface area contributed by atoms with E-state index in [-0.39, 0.29) is 17.4 Å². The average Bonchev–Trinajstić information content (AvgIpc) is 2.75. The predicted octanol–water partition coefficient (Wildman–Crippen LogP) is 3.32. The van der Waals surface area contributed by atoms with Crippen molar-refractivity contribution in [2.45, 2.75) is 23.8 Å². The van der Waals surface area contributed by atoms with Gasteiger partial charge in [0.1, 0.15) is 0 Å². The normalized spacial score (nSPS) is 21.5. The van der Waals surface area contributed by atoms with Gasteiger partial charge in [0.25, 0.3) is 5.56 Å². The number of piperidine rings is 1. The Bertz CT molecular complexity index is 1200. The van der Waals surface area contributed by atoms with Gasteiger partial charge in [-0.3, -0.25) is 4.79 Å². The lowest BCUT2D eigenvalue weighted by Gasteiger charge is -2.42. The molecule has 0 N–H and O–H groups in total. The van der Waals surface area contributed by atoms with Gasteiger partial charge in [0, 0.05) is 42.9 Å². The summed E-state index contributed by atoms with van der Waals surface area (Å²) in [6, 6.07) is 22.1. The molecule has 0 unspecified atom stereocenters. The number of aromatic nitrogens is 1. The van der Waals surface area contributed by atoms with E-state index in [0.717, 1.165) is 23.2 Å². The number of benzene rings is 2. The summed E-state index contributed by atoms with van der Waals surface area (Å²) < 4.78 is 29.9. The molecule has 0 amide bonds. The molecule has 1 saturated heterocycles. The number of nitrogens with zero attached hydrogens (tertiary/aromatic N) is 2. The van der Waals surface area contributed by atoms with Crippen LogP contribution in [-0.4, -0.2) is 30.4 Å². The minimum Gasteiger partial charge on any atom is -0.311 e. The highest BCUT2D eigenvalue weighted by atomic mass is 32.2. The van der Waals surface area contributed by atoms with Crippen LogP contribution in [0.3, 0.4) is 0 Å². The van der Waals surface area contributed by atoms with Crippen LogP contribution >= 0.6 is 0 Å². The van der Waals surface area contributed by atoms with Crippen molar-refractivity contribution in [3.8, 4) is 11.1 Å². The lowest BCUT2D eigenvalue weighted by molar-refractivity contribution is 0.187. The van der Waals surface area contributed by atoms with Gasteiger partial charge in [-0.05, 0) is 36.1 Å². The van der Waals surface area contributed by atoms with Crippen molar-refractivity contribution in [3.63, 3.8) is 0 Å². The number of pyridine rings is 1. The lowest BCUT2D eigenvalue weighted by atomic mass is 9.81. The zero-order valence-electron chi connectivity index (χ0n) is 15.9. The molecule has 0 saturated carbocycles. The van der Waals surface area contributed by atoms with Gasteiger partial charge in [0.05, 0.1) is 4.90 Å². The van der Waals surface area contributed by atoms with Crippen LogP contribution < -0.4 is 5.56 Å². The molecule has 2 bridgehead atoms. The Morgan fingerprint density at radius 3 is 2.21 bits per heavy atom. The highest BCUT2D eigenvalue weighted by molar-refractivity contribution is 7.89. The maximum absolute atomic E-state index is 13.2. The molecule has 3 aromatic rings. The maximum Gasteiger partial charge on any atom is 0.250 e. The molecule has 6 heteroatoms. The SMILES string of the molecule is O=c1ccc(-c2ccccc2)c2n1C[C@H]1C[C@H]2CN(S(=O)(=O)c2ccccc2)C1. The zero-order chi connectivity index (χ0) is 20.0. The molecule has 5 nitrogen and oxygen atoms in total. The molecule has 2 aromatic carbocycles. The number of fused-ring (bicyclic) bond motifs is 4. The van der Waals surface area contributed by atoms with Crippen molar-refractivity contribution in [1.29, 1.82) is 0 Å². The van der Waals surface area contributed by atoms with E-state index in [1.54, 1.807) is 34.6 Å². The molecule has 2 aliphatic rings. The molecule has 1 fully saturated rings. The van der Waals surface area contributed by atoms with Crippen molar-refractivity contribution < 1.29 is 8.42 Å². The van der Waals surface area contributed by atoms with E-state index in [0.29, 0.717) is 24.5 Å². The first-order chi connectivity index (χ1) is 14.0. The molecule has 2 atom stereocenters. The predicted molar refractivity (Wildman–Crippen MR) is 112 cm³/mol. The number of rotatable bonds is 3. The van der Waals surface area contributed by atoms with Crippen molar-refractivity contribution in [1.82, 2.24) is 8.87 Å². The molecule has 2 aliphatic heterocycles. The van der Waals surface area contributed by atoms with Crippen molar-refractivity contribution in [2.75, 3.05) is 13.1 Å². The minimum absolute atomic E-state index is 0.00472. The Kier molecular flexibility index (Phi) is 4.41. The zero-order valence-corrected chi connectivity index (χ0v) is 16.8. The summed E-state index contributed by atoms with van der Waals surface area (Å²) in [4.78, 5) is 12.9. The molecule has 5 rings (SSSR count). The lowest BCUT2D eigenvalue weighted by Crippen LogP contribution is -2.49. The Labute approximate surface area is 170 Å². The summed E-state index contributed by atoms with van der Waals surface area (Å²) in [5.41, 5.74) is 3.03. The van der Waals surface area contributed by atoms with E-state index in [9.17, 15) is 13.2 Å². The van der Waals surface area contributed by atoms with Crippen LogP contribution in [0.15, 0.2) is 82.5 Å². The van der Waals surface area contributed by atoms with Gasteiger partial charge in [-0.1, -0.05) is 48.5 Å². The summed E-state index contributed by atoms with van der Waals surface area (Å²) in [6.07, 6.45) is 0.907. The van der Waals surface area contributed by atoms with Crippen LogP contribution in [0.4, 0.5) is 0 Å². The van der Waals surface area contributed by atoms with Gasteiger partial charge in [0.2, 0.25) is 10.0 Å². The minimum atomic E-state index is -3.55. The van der Waals surface area contributed by atoms with Crippen LogP contribution in [0, 0.1) is 5.92 Å².